The SMILES string of the molecule is O=C1N=C(N2CCCCN2)SC1=Cc1ccc(F)cc1OC(=O)[C@@H]1CCCN1. The van der Waals surface area contributed by atoms with Gasteiger partial charge in [0.25, 0.3) is 5.91 Å². The molecule has 148 valence electrons. The summed E-state index contributed by atoms with van der Waals surface area (Å²) in [4.78, 5) is 29.1. The van der Waals surface area contributed by atoms with E-state index in [1.54, 1.807) is 6.08 Å². The van der Waals surface area contributed by atoms with Gasteiger partial charge in [-0.15, -0.1) is 0 Å². The maximum atomic E-state index is 13.7. The molecule has 4 rings (SSSR count). The van der Waals surface area contributed by atoms with E-state index in [-0.39, 0.29) is 17.7 Å². The summed E-state index contributed by atoms with van der Waals surface area (Å²) in [5, 5.41) is 5.54. The normalized spacial score (nSPS) is 24.0. The highest BCUT2D eigenvalue weighted by Crippen LogP contribution is 2.33. The zero-order valence-electron chi connectivity index (χ0n) is 15.2. The average molecular weight is 404 g/mol. The molecular weight excluding hydrogens is 383 g/mol. The first-order valence-corrected chi connectivity index (χ1v) is 10.2. The Morgan fingerprint density at radius 3 is 2.96 bits per heavy atom. The third kappa shape index (κ3) is 4.26. The number of aliphatic imine (C=N–C) groups is 1. The molecule has 0 spiro atoms. The van der Waals surface area contributed by atoms with Crippen molar-refractivity contribution in [2.24, 2.45) is 4.99 Å². The maximum absolute atomic E-state index is 13.7. The number of halogens is 1. The van der Waals surface area contributed by atoms with Crippen molar-refractivity contribution in [1.29, 1.82) is 0 Å². The van der Waals surface area contributed by atoms with Crippen LogP contribution < -0.4 is 15.5 Å². The van der Waals surface area contributed by atoms with Crippen molar-refractivity contribution >= 4 is 34.9 Å². The van der Waals surface area contributed by atoms with E-state index in [0.717, 1.165) is 45.0 Å². The van der Waals surface area contributed by atoms with Gasteiger partial charge in [-0.3, -0.25) is 9.80 Å². The number of benzene rings is 1. The Bertz CT molecular complexity index is 846. The van der Waals surface area contributed by atoms with Crippen molar-refractivity contribution in [3.05, 3.63) is 34.5 Å². The number of rotatable bonds is 3. The van der Waals surface area contributed by atoms with Gasteiger partial charge in [0, 0.05) is 24.7 Å². The van der Waals surface area contributed by atoms with Crippen molar-refractivity contribution in [1.82, 2.24) is 15.8 Å². The monoisotopic (exact) mass is 404 g/mol. The number of nitrogens with one attached hydrogen (secondary N) is 2. The van der Waals surface area contributed by atoms with Gasteiger partial charge in [-0.1, -0.05) is 0 Å². The van der Waals surface area contributed by atoms with E-state index in [2.05, 4.69) is 15.7 Å². The Hall–Kier alpha value is -2.23. The smallest absolute Gasteiger partial charge is 0.328 e. The lowest BCUT2D eigenvalue weighted by Crippen LogP contribution is -2.45. The van der Waals surface area contributed by atoms with E-state index in [1.165, 1.54) is 23.9 Å². The number of thioether (sulfide) groups is 1. The number of nitrogens with zero attached hydrogens (tertiary/aromatic N) is 2. The number of ether oxygens (including phenoxy) is 1. The summed E-state index contributed by atoms with van der Waals surface area (Å²) >= 11 is 1.26. The third-order valence-electron chi connectivity index (χ3n) is 4.77. The van der Waals surface area contributed by atoms with E-state index >= 15 is 0 Å². The third-order valence-corrected chi connectivity index (χ3v) is 5.78. The van der Waals surface area contributed by atoms with Crippen LogP contribution in [0.1, 0.15) is 31.2 Å². The first-order chi connectivity index (χ1) is 13.6. The van der Waals surface area contributed by atoms with Crippen LogP contribution in [-0.4, -0.2) is 47.7 Å². The van der Waals surface area contributed by atoms with Crippen LogP contribution in [-0.2, 0) is 9.59 Å². The molecule has 2 N–H and O–H groups in total. The van der Waals surface area contributed by atoms with Crippen LogP contribution in [0.3, 0.4) is 0 Å². The Morgan fingerprint density at radius 1 is 1.32 bits per heavy atom. The topological polar surface area (TPSA) is 83.0 Å². The summed E-state index contributed by atoms with van der Waals surface area (Å²) in [5.74, 6) is -1.21. The van der Waals surface area contributed by atoms with Crippen LogP contribution in [0.2, 0.25) is 0 Å². The summed E-state index contributed by atoms with van der Waals surface area (Å²) in [6.45, 7) is 2.40. The molecule has 0 saturated carbocycles. The Labute approximate surface area is 166 Å². The predicted octanol–water partition coefficient (Wildman–Crippen LogP) is 2.05. The fourth-order valence-corrected chi connectivity index (χ4v) is 4.20. The molecule has 3 aliphatic rings. The van der Waals surface area contributed by atoms with Gasteiger partial charge in [0.1, 0.15) is 17.6 Å². The van der Waals surface area contributed by atoms with Gasteiger partial charge < -0.3 is 10.1 Å². The molecule has 0 bridgehead atoms. The Morgan fingerprint density at radius 2 is 2.21 bits per heavy atom. The molecular formula is C19H21FN4O3S. The molecule has 3 heterocycles. The molecule has 0 radical (unpaired) electrons. The minimum atomic E-state index is -0.510. The molecule has 7 nitrogen and oxygen atoms in total. The molecule has 9 heteroatoms. The first kappa shape index (κ1) is 19.1. The molecule has 1 atom stereocenters. The second-order valence-electron chi connectivity index (χ2n) is 6.83. The lowest BCUT2D eigenvalue weighted by atomic mass is 10.1. The summed E-state index contributed by atoms with van der Waals surface area (Å²) in [7, 11) is 0. The summed E-state index contributed by atoms with van der Waals surface area (Å²) in [6.07, 6.45) is 5.31. The molecule has 2 saturated heterocycles. The second-order valence-corrected chi connectivity index (χ2v) is 7.84. The molecule has 0 aromatic heterocycles. The zero-order chi connectivity index (χ0) is 19.5. The van der Waals surface area contributed by atoms with Crippen molar-refractivity contribution in [3.8, 4) is 5.75 Å². The van der Waals surface area contributed by atoms with E-state index in [0.29, 0.717) is 22.1 Å². The number of carbonyl (C=O) groups excluding carboxylic acids is 2. The van der Waals surface area contributed by atoms with Crippen LogP contribution in [0, 0.1) is 5.82 Å². The number of esters is 1. The molecule has 1 aromatic carbocycles. The fourth-order valence-electron chi connectivity index (χ4n) is 3.29. The van der Waals surface area contributed by atoms with Gasteiger partial charge >= 0.3 is 5.97 Å². The number of amidine groups is 1. The number of carbonyl (C=O) groups is 2. The zero-order valence-corrected chi connectivity index (χ0v) is 16.1. The first-order valence-electron chi connectivity index (χ1n) is 9.38. The minimum absolute atomic E-state index is 0.101. The van der Waals surface area contributed by atoms with E-state index in [4.69, 9.17) is 4.74 Å². The molecule has 1 amide bonds. The van der Waals surface area contributed by atoms with Crippen LogP contribution in [0.15, 0.2) is 28.1 Å². The number of hydrogen-bond donors (Lipinski definition) is 2. The highest BCUT2D eigenvalue weighted by molar-refractivity contribution is 8.18. The van der Waals surface area contributed by atoms with Crippen molar-refractivity contribution in [2.75, 3.05) is 19.6 Å². The van der Waals surface area contributed by atoms with Crippen LogP contribution in [0.4, 0.5) is 4.39 Å². The standard InChI is InChI=1S/C19H21FN4O3S/c20-13-6-5-12(15(11-13)27-18(26)14-4-3-7-21-14)10-16-17(25)23-19(28-16)24-9-2-1-8-22-24/h5-6,10-11,14,21-22H,1-4,7-9H2/t14-/m0/s1. The molecule has 2 fully saturated rings. The van der Waals surface area contributed by atoms with Crippen molar-refractivity contribution in [3.63, 3.8) is 0 Å². The van der Waals surface area contributed by atoms with Crippen LogP contribution >= 0.6 is 11.8 Å². The highest BCUT2D eigenvalue weighted by atomic mass is 32.2. The van der Waals surface area contributed by atoms with Gasteiger partial charge in [0.15, 0.2) is 5.17 Å². The Balaban J connectivity index is 1.52. The van der Waals surface area contributed by atoms with E-state index < -0.39 is 11.8 Å². The van der Waals surface area contributed by atoms with Gasteiger partial charge in [-0.2, -0.15) is 4.99 Å². The van der Waals surface area contributed by atoms with Crippen LogP contribution in [0.5, 0.6) is 5.75 Å². The predicted molar refractivity (Wildman–Crippen MR) is 105 cm³/mol. The van der Waals surface area contributed by atoms with Gasteiger partial charge in [0.2, 0.25) is 0 Å². The van der Waals surface area contributed by atoms with E-state index in [9.17, 15) is 14.0 Å². The molecule has 1 aromatic rings. The average Bonchev–Trinajstić information content (AvgIpc) is 3.35. The highest BCUT2D eigenvalue weighted by Gasteiger charge is 2.28. The quantitative estimate of drug-likeness (QED) is 0.453. The lowest BCUT2D eigenvalue weighted by Gasteiger charge is -2.28. The summed E-state index contributed by atoms with van der Waals surface area (Å²) in [5.41, 5.74) is 3.68. The molecule has 3 aliphatic heterocycles. The second kappa shape index (κ2) is 8.42. The van der Waals surface area contributed by atoms with Crippen LogP contribution in [0.25, 0.3) is 6.08 Å². The number of hydrogen-bond acceptors (Lipinski definition) is 7. The van der Waals surface area contributed by atoms with Crippen molar-refractivity contribution < 1.29 is 18.7 Å². The fraction of sp³-hybridized carbons (Fsp3) is 0.421. The molecule has 28 heavy (non-hydrogen) atoms. The lowest BCUT2D eigenvalue weighted by molar-refractivity contribution is -0.136. The summed E-state index contributed by atoms with van der Waals surface area (Å²) in [6, 6.07) is 3.55. The largest absolute Gasteiger partial charge is 0.425 e. The molecule has 0 aliphatic carbocycles. The van der Waals surface area contributed by atoms with Crippen molar-refractivity contribution in [2.45, 2.75) is 31.7 Å². The molecule has 0 unspecified atom stereocenters. The van der Waals surface area contributed by atoms with Gasteiger partial charge in [-0.25, -0.2) is 14.6 Å². The van der Waals surface area contributed by atoms with Gasteiger partial charge in [-0.05, 0) is 62.2 Å². The number of hydrazine groups is 1. The summed E-state index contributed by atoms with van der Waals surface area (Å²) < 4.78 is 19.2. The van der Waals surface area contributed by atoms with E-state index in [1.807, 2.05) is 5.01 Å². The number of amides is 1. The minimum Gasteiger partial charge on any atom is -0.425 e. The Kier molecular flexibility index (Phi) is 5.74. The van der Waals surface area contributed by atoms with Gasteiger partial charge in [0.05, 0.1) is 4.91 Å². The maximum Gasteiger partial charge on any atom is 0.328 e.